The van der Waals surface area contributed by atoms with Crippen molar-refractivity contribution in [2.24, 2.45) is 0 Å². The number of amides is 2. The third-order valence-corrected chi connectivity index (χ3v) is 7.29. The van der Waals surface area contributed by atoms with Gasteiger partial charge in [0.1, 0.15) is 0 Å². The minimum atomic E-state index is -0.314. The number of hydrogen-bond acceptors (Lipinski definition) is 7. The van der Waals surface area contributed by atoms with Crippen LogP contribution in [0.15, 0.2) is 65.8 Å². The van der Waals surface area contributed by atoms with Crippen LogP contribution in [0.4, 0.5) is 11.4 Å². The quantitative estimate of drug-likeness (QED) is 0.184. The number of nitrogens with one attached hydrogen (secondary N) is 2. The average molecular weight is 585 g/mol. The molecule has 12 heteroatoms. The third-order valence-electron chi connectivity index (χ3n) is 5.75. The number of tetrazole rings is 1. The van der Waals surface area contributed by atoms with Crippen molar-refractivity contribution in [1.82, 2.24) is 25.5 Å². The topological polar surface area (TPSA) is 128 Å². The maximum absolute atomic E-state index is 12.6. The third kappa shape index (κ3) is 7.29. The van der Waals surface area contributed by atoms with Crippen LogP contribution in [0.5, 0.6) is 0 Å². The Balaban J connectivity index is 1.35. The normalized spacial score (nSPS) is 11.3. The van der Waals surface area contributed by atoms with E-state index in [1.165, 1.54) is 10.7 Å². The highest BCUT2D eigenvalue weighted by Gasteiger charge is 2.19. The van der Waals surface area contributed by atoms with Gasteiger partial charge in [-0.15, -0.1) is 5.10 Å². The minimum Gasteiger partial charge on any atom is -0.399 e. The van der Waals surface area contributed by atoms with Gasteiger partial charge in [-0.3, -0.25) is 9.59 Å². The lowest BCUT2D eigenvalue weighted by atomic mass is 9.87. The molecular formula is C27H27Cl2N7O2S. The summed E-state index contributed by atoms with van der Waals surface area (Å²) < 4.78 is 1.50. The Morgan fingerprint density at radius 2 is 1.74 bits per heavy atom. The molecule has 0 aliphatic heterocycles. The van der Waals surface area contributed by atoms with Crippen molar-refractivity contribution >= 4 is 58.2 Å². The number of carbonyl (C=O) groups excluding carboxylic acids is 2. The van der Waals surface area contributed by atoms with Crippen molar-refractivity contribution in [2.75, 3.05) is 16.8 Å². The van der Waals surface area contributed by atoms with Crippen LogP contribution >= 0.6 is 35.0 Å². The van der Waals surface area contributed by atoms with Crippen molar-refractivity contribution in [3.8, 4) is 5.69 Å². The number of nitrogen functional groups attached to an aromatic ring is 1. The van der Waals surface area contributed by atoms with Gasteiger partial charge in [0.2, 0.25) is 11.1 Å². The fraction of sp³-hybridized carbons (Fsp3) is 0.222. The second kappa shape index (κ2) is 12.1. The van der Waals surface area contributed by atoms with Gasteiger partial charge < -0.3 is 16.4 Å². The molecule has 3 aromatic carbocycles. The van der Waals surface area contributed by atoms with Crippen molar-refractivity contribution in [3.63, 3.8) is 0 Å². The number of halogens is 2. The summed E-state index contributed by atoms with van der Waals surface area (Å²) in [6, 6.07) is 17.6. The van der Waals surface area contributed by atoms with E-state index in [1.54, 1.807) is 24.3 Å². The monoisotopic (exact) mass is 583 g/mol. The summed E-state index contributed by atoms with van der Waals surface area (Å²) in [4.78, 5) is 25.2. The van der Waals surface area contributed by atoms with Gasteiger partial charge in [-0.05, 0) is 69.4 Å². The summed E-state index contributed by atoms with van der Waals surface area (Å²) in [5.41, 5.74) is 9.66. The highest BCUT2D eigenvalue weighted by atomic mass is 35.5. The van der Waals surface area contributed by atoms with Crippen LogP contribution in [0, 0.1) is 0 Å². The number of nitrogens with zero attached hydrogens (tertiary/aromatic N) is 4. The lowest BCUT2D eigenvalue weighted by Crippen LogP contribution is -2.23. The number of rotatable bonds is 8. The first-order chi connectivity index (χ1) is 18.5. The highest BCUT2D eigenvalue weighted by molar-refractivity contribution is 7.99. The summed E-state index contributed by atoms with van der Waals surface area (Å²) in [5.74, 6) is -0.576. The molecule has 202 valence electrons. The zero-order valence-electron chi connectivity index (χ0n) is 21.5. The molecule has 0 spiro atoms. The summed E-state index contributed by atoms with van der Waals surface area (Å²) in [6.07, 6.45) is 0. The van der Waals surface area contributed by atoms with Gasteiger partial charge in [0.15, 0.2) is 0 Å². The molecule has 4 rings (SSSR count). The SMILES string of the molecule is CC(C)(C)c1ccc(-n2nnnc2SCC(=O)Nc2ccc(C(=O)NCc3ccc(N)cc3)cc2Cl)c(Cl)c1. The van der Waals surface area contributed by atoms with Gasteiger partial charge in [-0.2, -0.15) is 4.68 Å². The molecule has 0 aliphatic rings. The highest BCUT2D eigenvalue weighted by Crippen LogP contribution is 2.30. The van der Waals surface area contributed by atoms with Gasteiger partial charge in [-0.1, -0.05) is 73.9 Å². The maximum atomic E-state index is 12.6. The first-order valence-electron chi connectivity index (χ1n) is 11.9. The molecule has 0 unspecified atom stereocenters. The van der Waals surface area contributed by atoms with Crippen molar-refractivity contribution in [3.05, 3.63) is 87.4 Å². The Kier molecular flexibility index (Phi) is 8.79. The number of thioether (sulfide) groups is 1. The van der Waals surface area contributed by atoms with Gasteiger partial charge in [0, 0.05) is 17.8 Å². The summed E-state index contributed by atoms with van der Waals surface area (Å²) in [7, 11) is 0. The fourth-order valence-corrected chi connectivity index (χ4v) is 4.73. The fourth-order valence-electron chi connectivity index (χ4n) is 3.56. The number of hydrogen-bond donors (Lipinski definition) is 3. The maximum Gasteiger partial charge on any atom is 0.251 e. The predicted octanol–water partition coefficient (Wildman–Crippen LogP) is 5.51. The van der Waals surface area contributed by atoms with E-state index in [0.717, 1.165) is 22.9 Å². The second-order valence-corrected chi connectivity index (χ2v) is 11.5. The van der Waals surface area contributed by atoms with Crippen LogP contribution in [0.3, 0.4) is 0 Å². The molecule has 0 aliphatic carbocycles. The molecule has 0 saturated carbocycles. The summed E-state index contributed by atoms with van der Waals surface area (Å²) in [5, 5.41) is 18.5. The van der Waals surface area contributed by atoms with E-state index in [9.17, 15) is 9.59 Å². The van der Waals surface area contributed by atoms with Crippen LogP contribution in [0.2, 0.25) is 10.0 Å². The lowest BCUT2D eigenvalue weighted by molar-refractivity contribution is -0.113. The molecule has 39 heavy (non-hydrogen) atoms. The predicted molar refractivity (Wildman–Crippen MR) is 156 cm³/mol. The molecule has 0 atom stereocenters. The van der Waals surface area contributed by atoms with E-state index in [1.807, 2.05) is 30.3 Å². The Morgan fingerprint density at radius 3 is 2.41 bits per heavy atom. The second-order valence-electron chi connectivity index (χ2n) is 9.75. The van der Waals surface area contributed by atoms with E-state index in [-0.39, 0.29) is 28.0 Å². The molecule has 0 bridgehead atoms. The Morgan fingerprint density at radius 1 is 1.00 bits per heavy atom. The number of anilines is 2. The molecule has 2 amide bonds. The number of benzene rings is 3. The number of carbonyl (C=O) groups is 2. The molecule has 0 radical (unpaired) electrons. The van der Waals surface area contributed by atoms with Crippen molar-refractivity contribution < 1.29 is 9.59 Å². The molecule has 4 N–H and O–H groups in total. The van der Waals surface area contributed by atoms with Gasteiger partial charge in [0.25, 0.3) is 5.91 Å². The molecule has 9 nitrogen and oxygen atoms in total. The largest absolute Gasteiger partial charge is 0.399 e. The summed E-state index contributed by atoms with van der Waals surface area (Å²) >= 11 is 14.0. The van der Waals surface area contributed by atoms with Gasteiger partial charge in [0.05, 0.1) is 27.2 Å². The Bertz CT molecular complexity index is 1500. The molecule has 4 aromatic rings. The van der Waals surface area contributed by atoms with E-state index >= 15 is 0 Å². The van der Waals surface area contributed by atoms with Crippen LogP contribution in [0.1, 0.15) is 42.3 Å². The summed E-state index contributed by atoms with van der Waals surface area (Å²) in [6.45, 7) is 6.66. The first kappa shape index (κ1) is 28.4. The average Bonchev–Trinajstić information content (AvgIpc) is 3.36. The Labute approximate surface area is 240 Å². The zero-order chi connectivity index (χ0) is 28.2. The van der Waals surface area contributed by atoms with Crippen LogP contribution in [0.25, 0.3) is 5.69 Å². The molecule has 1 heterocycles. The van der Waals surface area contributed by atoms with Gasteiger partial charge in [-0.25, -0.2) is 0 Å². The smallest absolute Gasteiger partial charge is 0.251 e. The van der Waals surface area contributed by atoms with Crippen molar-refractivity contribution in [1.29, 1.82) is 0 Å². The van der Waals surface area contributed by atoms with Crippen molar-refractivity contribution in [2.45, 2.75) is 37.9 Å². The molecular weight excluding hydrogens is 557 g/mol. The van der Waals surface area contributed by atoms with E-state index in [0.29, 0.717) is 39.3 Å². The molecule has 1 aromatic heterocycles. The van der Waals surface area contributed by atoms with Gasteiger partial charge >= 0.3 is 0 Å². The Hall–Kier alpha value is -3.60. The number of aromatic nitrogens is 4. The molecule has 0 fully saturated rings. The standard InChI is InChI=1S/C27H27Cl2N7O2S/c1-27(2,3)18-7-11-23(21(29)13-18)36-26(33-34-35-36)39-15-24(37)32-22-10-6-17(12-20(22)28)25(38)31-14-16-4-8-19(30)9-5-16/h4-13H,14-15,30H2,1-3H3,(H,31,38)(H,32,37). The van der Waals surface area contributed by atoms with Crippen LogP contribution in [-0.2, 0) is 16.8 Å². The van der Waals surface area contributed by atoms with E-state index < -0.39 is 0 Å². The molecule has 0 saturated heterocycles. The van der Waals surface area contributed by atoms with Crippen LogP contribution < -0.4 is 16.4 Å². The van der Waals surface area contributed by atoms with E-state index in [2.05, 4.69) is 46.9 Å². The van der Waals surface area contributed by atoms with Crippen LogP contribution in [-0.4, -0.2) is 37.8 Å². The first-order valence-corrected chi connectivity index (χ1v) is 13.7. The zero-order valence-corrected chi connectivity index (χ0v) is 23.9. The minimum absolute atomic E-state index is 0.0260. The lowest BCUT2D eigenvalue weighted by Gasteiger charge is -2.20. The van der Waals surface area contributed by atoms with E-state index in [4.69, 9.17) is 28.9 Å². The number of nitrogens with two attached hydrogens (primary N) is 1.